The van der Waals surface area contributed by atoms with Crippen molar-refractivity contribution in [2.75, 3.05) is 17.8 Å². The van der Waals surface area contributed by atoms with Crippen LogP contribution in [-0.2, 0) is 9.84 Å². The van der Waals surface area contributed by atoms with Gasteiger partial charge in [-0.3, -0.25) is 0 Å². The van der Waals surface area contributed by atoms with Gasteiger partial charge in [-0.25, -0.2) is 13.2 Å². The SMILES string of the molecule is CC(SCCS(C)(=O)=O)c1ccc(C(=O)O)o1. The molecule has 0 spiro atoms. The van der Waals surface area contributed by atoms with Gasteiger partial charge in [-0.1, -0.05) is 0 Å². The van der Waals surface area contributed by atoms with Crippen molar-refractivity contribution in [3.63, 3.8) is 0 Å². The molecule has 0 aliphatic heterocycles. The fourth-order valence-corrected chi connectivity index (χ4v) is 3.39. The topological polar surface area (TPSA) is 84.6 Å². The van der Waals surface area contributed by atoms with Crippen LogP contribution in [0.4, 0.5) is 0 Å². The van der Waals surface area contributed by atoms with Gasteiger partial charge in [-0.05, 0) is 19.1 Å². The van der Waals surface area contributed by atoms with E-state index in [-0.39, 0.29) is 16.8 Å². The molecule has 5 nitrogen and oxygen atoms in total. The number of carbonyl (C=O) groups is 1. The second-order valence-electron chi connectivity index (χ2n) is 3.65. The Kier molecular flexibility index (Phi) is 4.64. The Morgan fingerprint density at radius 1 is 1.53 bits per heavy atom. The number of furan rings is 1. The first-order valence-electron chi connectivity index (χ1n) is 4.92. The van der Waals surface area contributed by atoms with E-state index in [2.05, 4.69) is 0 Å². The summed E-state index contributed by atoms with van der Waals surface area (Å²) in [6, 6.07) is 2.99. The van der Waals surface area contributed by atoms with Crippen LogP contribution >= 0.6 is 11.8 Å². The lowest BCUT2D eigenvalue weighted by Crippen LogP contribution is -2.05. The summed E-state index contributed by atoms with van der Waals surface area (Å²) in [7, 11) is -2.96. The normalized spacial score (nSPS) is 13.5. The number of thioether (sulfide) groups is 1. The fraction of sp³-hybridized carbons (Fsp3) is 0.500. The van der Waals surface area contributed by atoms with Crippen molar-refractivity contribution in [2.24, 2.45) is 0 Å². The van der Waals surface area contributed by atoms with Crippen LogP contribution in [0.25, 0.3) is 0 Å². The largest absolute Gasteiger partial charge is 0.475 e. The third kappa shape index (κ3) is 4.82. The van der Waals surface area contributed by atoms with Crippen molar-refractivity contribution >= 4 is 27.6 Å². The van der Waals surface area contributed by atoms with Gasteiger partial charge in [0.1, 0.15) is 15.6 Å². The van der Waals surface area contributed by atoms with Crippen LogP contribution in [0.2, 0.25) is 0 Å². The Labute approximate surface area is 104 Å². The molecule has 0 saturated carbocycles. The molecule has 0 fully saturated rings. The summed E-state index contributed by atoms with van der Waals surface area (Å²) in [4.78, 5) is 10.6. The second kappa shape index (κ2) is 5.59. The maximum absolute atomic E-state index is 10.9. The van der Waals surface area contributed by atoms with E-state index < -0.39 is 15.8 Å². The fourth-order valence-electron chi connectivity index (χ4n) is 1.14. The molecule has 0 radical (unpaired) electrons. The standard InChI is InChI=1S/C10H14O5S2/c1-7(16-5-6-17(2,13)14)8-3-4-9(15-8)10(11)12/h3-4,7H,5-6H2,1-2H3,(H,11,12). The average molecular weight is 278 g/mol. The minimum atomic E-state index is -2.96. The number of rotatable bonds is 6. The molecule has 0 aliphatic carbocycles. The number of sulfone groups is 1. The zero-order valence-corrected chi connectivity index (χ0v) is 11.2. The van der Waals surface area contributed by atoms with Gasteiger partial charge >= 0.3 is 5.97 Å². The first kappa shape index (κ1) is 14.1. The lowest BCUT2D eigenvalue weighted by atomic mass is 10.3. The van der Waals surface area contributed by atoms with Gasteiger partial charge in [-0.2, -0.15) is 0 Å². The molecule has 1 rings (SSSR count). The van der Waals surface area contributed by atoms with Crippen molar-refractivity contribution in [1.82, 2.24) is 0 Å². The summed E-state index contributed by atoms with van der Waals surface area (Å²) in [6.07, 6.45) is 1.19. The third-order valence-electron chi connectivity index (χ3n) is 2.06. The molecule has 0 bridgehead atoms. The zero-order chi connectivity index (χ0) is 13.1. The highest BCUT2D eigenvalue weighted by atomic mass is 32.2. The first-order valence-corrected chi connectivity index (χ1v) is 8.03. The van der Waals surface area contributed by atoms with Crippen LogP contribution in [0.1, 0.15) is 28.5 Å². The van der Waals surface area contributed by atoms with Gasteiger partial charge in [0.25, 0.3) is 0 Å². The van der Waals surface area contributed by atoms with Crippen molar-refractivity contribution in [3.05, 3.63) is 23.7 Å². The first-order chi connectivity index (χ1) is 7.79. The van der Waals surface area contributed by atoms with Gasteiger partial charge in [0, 0.05) is 12.0 Å². The Morgan fingerprint density at radius 2 is 2.18 bits per heavy atom. The quantitative estimate of drug-likeness (QED) is 0.854. The predicted octanol–water partition coefficient (Wildman–Crippen LogP) is 1.82. The van der Waals surface area contributed by atoms with E-state index >= 15 is 0 Å². The molecule has 0 aliphatic rings. The Balaban J connectivity index is 2.52. The molecule has 1 N–H and O–H groups in total. The molecule has 17 heavy (non-hydrogen) atoms. The summed E-state index contributed by atoms with van der Waals surface area (Å²) < 4.78 is 27.0. The molecule has 1 aromatic rings. The third-order valence-corrected chi connectivity index (χ3v) is 4.44. The van der Waals surface area contributed by atoms with E-state index in [1.54, 1.807) is 6.07 Å². The number of hydrogen-bond donors (Lipinski definition) is 1. The molecule has 0 amide bonds. The second-order valence-corrected chi connectivity index (χ2v) is 7.36. The smallest absolute Gasteiger partial charge is 0.371 e. The van der Waals surface area contributed by atoms with Gasteiger partial charge in [0.2, 0.25) is 5.76 Å². The molecule has 96 valence electrons. The number of hydrogen-bond acceptors (Lipinski definition) is 5. The maximum Gasteiger partial charge on any atom is 0.371 e. The highest BCUT2D eigenvalue weighted by molar-refractivity contribution is 8.00. The number of carboxylic acids is 1. The summed E-state index contributed by atoms with van der Waals surface area (Å²) >= 11 is 1.42. The van der Waals surface area contributed by atoms with Crippen LogP contribution in [0.5, 0.6) is 0 Å². The minimum absolute atomic E-state index is 0.0650. The van der Waals surface area contributed by atoms with Gasteiger partial charge in [0.05, 0.1) is 11.0 Å². The lowest BCUT2D eigenvalue weighted by molar-refractivity contribution is 0.0660. The molecule has 1 atom stereocenters. The maximum atomic E-state index is 10.9. The van der Waals surface area contributed by atoms with E-state index in [4.69, 9.17) is 9.52 Å². The van der Waals surface area contributed by atoms with Gasteiger partial charge in [0.15, 0.2) is 0 Å². The average Bonchev–Trinajstić information content (AvgIpc) is 2.63. The summed E-state index contributed by atoms with van der Waals surface area (Å²) in [6.45, 7) is 1.84. The van der Waals surface area contributed by atoms with E-state index in [0.29, 0.717) is 11.5 Å². The van der Waals surface area contributed by atoms with E-state index in [1.165, 1.54) is 24.1 Å². The summed E-state index contributed by atoms with van der Waals surface area (Å²) in [5.74, 6) is -0.0986. The molecule has 1 unspecified atom stereocenters. The summed E-state index contributed by atoms with van der Waals surface area (Å²) in [5.41, 5.74) is 0. The van der Waals surface area contributed by atoms with Gasteiger partial charge in [-0.15, -0.1) is 11.8 Å². The van der Waals surface area contributed by atoms with Crippen molar-refractivity contribution in [1.29, 1.82) is 0 Å². The minimum Gasteiger partial charge on any atom is -0.475 e. The molecule has 1 heterocycles. The number of aromatic carboxylic acids is 1. The highest BCUT2D eigenvalue weighted by Crippen LogP contribution is 2.29. The highest BCUT2D eigenvalue weighted by Gasteiger charge is 2.15. The Hall–Kier alpha value is -0.950. The molecular formula is C10H14O5S2. The van der Waals surface area contributed by atoms with Crippen LogP contribution in [0.3, 0.4) is 0 Å². The molecule has 0 saturated heterocycles. The van der Waals surface area contributed by atoms with Crippen LogP contribution < -0.4 is 0 Å². The van der Waals surface area contributed by atoms with Crippen LogP contribution in [0, 0.1) is 0 Å². The molecule has 1 aromatic heterocycles. The molecule has 0 aromatic carbocycles. The van der Waals surface area contributed by atoms with E-state index in [0.717, 1.165) is 0 Å². The van der Waals surface area contributed by atoms with Crippen LogP contribution in [0.15, 0.2) is 16.5 Å². The van der Waals surface area contributed by atoms with Crippen molar-refractivity contribution in [2.45, 2.75) is 12.2 Å². The molecule has 7 heteroatoms. The molecular weight excluding hydrogens is 264 g/mol. The van der Waals surface area contributed by atoms with Gasteiger partial charge < -0.3 is 9.52 Å². The van der Waals surface area contributed by atoms with E-state index in [9.17, 15) is 13.2 Å². The van der Waals surface area contributed by atoms with Crippen molar-refractivity contribution < 1.29 is 22.7 Å². The predicted molar refractivity (Wildman–Crippen MR) is 66.3 cm³/mol. The lowest BCUT2D eigenvalue weighted by Gasteiger charge is -2.07. The Morgan fingerprint density at radius 3 is 2.65 bits per heavy atom. The summed E-state index contributed by atoms with van der Waals surface area (Å²) in [5, 5.41) is 8.62. The monoisotopic (exact) mass is 278 g/mol. The van der Waals surface area contributed by atoms with Crippen molar-refractivity contribution in [3.8, 4) is 0 Å². The Bertz CT molecular complexity index is 489. The van der Waals surface area contributed by atoms with E-state index in [1.807, 2.05) is 6.92 Å². The number of carboxylic acid groups (broad SMARTS) is 1. The van der Waals surface area contributed by atoms with Crippen LogP contribution in [-0.4, -0.2) is 37.3 Å². The zero-order valence-electron chi connectivity index (χ0n) is 9.54.